The maximum absolute atomic E-state index is 13.0. The monoisotopic (exact) mass is 283 g/mol. The van der Waals surface area contributed by atoms with Crippen LogP contribution in [0.4, 0.5) is 0 Å². The zero-order valence-corrected chi connectivity index (χ0v) is 12.6. The maximum Gasteiger partial charge on any atom is 0.190 e. The Hall–Kier alpha value is -0.870. The Bertz CT molecular complexity index is 461. The smallest absolute Gasteiger partial charge is 0.190 e. The summed E-state index contributed by atoms with van der Waals surface area (Å²) in [4.78, 5) is 13.0. The lowest BCUT2D eigenvalue weighted by Crippen LogP contribution is -2.39. The van der Waals surface area contributed by atoms with Gasteiger partial charge in [-0.25, -0.2) is 0 Å². The fourth-order valence-electron chi connectivity index (χ4n) is 2.87. The summed E-state index contributed by atoms with van der Waals surface area (Å²) < 4.78 is 1.76. The Kier molecular flexibility index (Phi) is 4.31. The Morgan fingerprint density at radius 3 is 2.89 bits per heavy atom. The number of nitrogens with zero attached hydrogens (tertiary/aromatic N) is 2. The lowest BCUT2D eigenvalue weighted by atomic mass is 9.72. The van der Waals surface area contributed by atoms with E-state index in [1.54, 1.807) is 10.9 Å². The third-order valence-corrected chi connectivity index (χ3v) is 4.47. The van der Waals surface area contributed by atoms with Crippen molar-refractivity contribution in [3.05, 3.63) is 16.9 Å². The summed E-state index contributed by atoms with van der Waals surface area (Å²) in [6.07, 6.45) is 3.39. The van der Waals surface area contributed by atoms with Crippen LogP contribution in [0.3, 0.4) is 0 Å². The lowest BCUT2D eigenvalue weighted by Gasteiger charge is -2.31. The quantitative estimate of drug-likeness (QED) is 0.845. The van der Waals surface area contributed by atoms with E-state index in [4.69, 9.17) is 11.6 Å². The molecular formula is C14H22ClN3O. The van der Waals surface area contributed by atoms with Gasteiger partial charge in [0, 0.05) is 13.1 Å². The van der Waals surface area contributed by atoms with Gasteiger partial charge in [0.15, 0.2) is 5.78 Å². The highest BCUT2D eigenvalue weighted by molar-refractivity contribution is 6.33. The van der Waals surface area contributed by atoms with E-state index in [0.717, 1.165) is 32.5 Å². The number of hydrogen-bond acceptors (Lipinski definition) is 3. The van der Waals surface area contributed by atoms with Crippen LogP contribution in [0.15, 0.2) is 6.20 Å². The van der Waals surface area contributed by atoms with Gasteiger partial charge in [0.2, 0.25) is 0 Å². The first-order chi connectivity index (χ1) is 9.03. The van der Waals surface area contributed by atoms with Crippen LogP contribution in [0.5, 0.6) is 0 Å². The first kappa shape index (κ1) is 14.5. The van der Waals surface area contributed by atoms with Crippen molar-refractivity contribution in [3.8, 4) is 0 Å². The average Bonchev–Trinajstić information content (AvgIpc) is 2.97. The summed E-state index contributed by atoms with van der Waals surface area (Å²) in [7, 11) is 0. The lowest BCUT2D eigenvalue weighted by molar-refractivity contribution is 0.0727. The number of aryl methyl sites for hydroxylation is 1. The molecule has 1 saturated heterocycles. The summed E-state index contributed by atoms with van der Waals surface area (Å²) in [5.41, 5.74) is 0.246. The molecule has 0 bridgehead atoms. The molecule has 1 unspecified atom stereocenters. The van der Waals surface area contributed by atoms with Gasteiger partial charge in [-0.1, -0.05) is 32.4 Å². The van der Waals surface area contributed by atoms with Crippen LogP contribution in [-0.4, -0.2) is 28.7 Å². The van der Waals surface area contributed by atoms with Gasteiger partial charge >= 0.3 is 0 Å². The minimum absolute atomic E-state index is 0.142. The summed E-state index contributed by atoms with van der Waals surface area (Å²) in [5.74, 6) is 0.430. The van der Waals surface area contributed by atoms with E-state index in [1.165, 1.54) is 0 Å². The minimum Gasteiger partial charge on any atom is -0.316 e. The van der Waals surface area contributed by atoms with Gasteiger partial charge in [-0.3, -0.25) is 9.48 Å². The molecule has 1 aliphatic heterocycles. The third kappa shape index (κ3) is 2.43. The van der Waals surface area contributed by atoms with Gasteiger partial charge < -0.3 is 5.32 Å². The molecule has 0 spiro atoms. The molecule has 0 saturated carbocycles. The van der Waals surface area contributed by atoms with Crippen molar-refractivity contribution >= 4 is 17.4 Å². The Morgan fingerprint density at radius 2 is 2.37 bits per heavy atom. The van der Waals surface area contributed by atoms with E-state index < -0.39 is 0 Å². The molecule has 0 aliphatic carbocycles. The molecule has 1 aromatic heterocycles. The number of rotatable bonds is 5. The maximum atomic E-state index is 13.0. The molecule has 19 heavy (non-hydrogen) atoms. The third-order valence-electron chi connectivity index (χ3n) is 4.19. The summed E-state index contributed by atoms with van der Waals surface area (Å²) in [6.45, 7) is 8.65. The van der Waals surface area contributed by atoms with E-state index in [9.17, 15) is 4.79 Å². The molecule has 5 heteroatoms. The molecule has 1 aromatic rings. The Labute approximate surface area is 119 Å². The van der Waals surface area contributed by atoms with E-state index in [2.05, 4.69) is 31.2 Å². The van der Waals surface area contributed by atoms with Crippen molar-refractivity contribution in [2.75, 3.05) is 13.1 Å². The van der Waals surface area contributed by atoms with E-state index in [0.29, 0.717) is 10.7 Å². The first-order valence-corrected chi connectivity index (χ1v) is 7.37. The van der Waals surface area contributed by atoms with E-state index in [-0.39, 0.29) is 17.1 Å². The zero-order valence-electron chi connectivity index (χ0n) is 11.9. The molecule has 1 aliphatic rings. The van der Waals surface area contributed by atoms with Crippen molar-refractivity contribution in [1.29, 1.82) is 0 Å². The Balaban J connectivity index is 2.40. The summed E-state index contributed by atoms with van der Waals surface area (Å²) >= 11 is 6.20. The van der Waals surface area contributed by atoms with Crippen molar-refractivity contribution in [3.63, 3.8) is 0 Å². The molecule has 0 amide bonds. The molecule has 1 fully saturated rings. The molecular weight excluding hydrogens is 262 g/mol. The second-order valence-electron chi connectivity index (χ2n) is 5.63. The number of aromatic nitrogens is 2. The van der Waals surface area contributed by atoms with Gasteiger partial charge in [0.05, 0.1) is 16.6 Å². The highest BCUT2D eigenvalue weighted by Gasteiger charge is 2.45. The number of carbonyl (C=O) groups excluding carboxylic acids is 1. The first-order valence-electron chi connectivity index (χ1n) is 6.99. The number of hydrogen-bond donors (Lipinski definition) is 1. The summed E-state index contributed by atoms with van der Waals surface area (Å²) in [6, 6.07) is 0. The average molecular weight is 284 g/mol. The Morgan fingerprint density at radius 1 is 1.63 bits per heavy atom. The van der Waals surface area contributed by atoms with Gasteiger partial charge in [-0.05, 0) is 25.3 Å². The van der Waals surface area contributed by atoms with Gasteiger partial charge in [0.1, 0.15) is 5.69 Å². The summed E-state index contributed by atoms with van der Waals surface area (Å²) in [5, 5.41) is 8.02. The molecule has 2 rings (SSSR count). The zero-order chi connectivity index (χ0) is 14.0. The predicted molar refractivity (Wildman–Crippen MR) is 76.6 cm³/mol. The highest BCUT2D eigenvalue weighted by atomic mass is 35.5. The van der Waals surface area contributed by atoms with Gasteiger partial charge in [0.25, 0.3) is 0 Å². The SMILES string of the molecule is CCCn1ncc(Cl)c1C(=O)C1(C(C)C)CCNC1. The van der Waals surface area contributed by atoms with Crippen LogP contribution in [0, 0.1) is 11.3 Å². The second-order valence-corrected chi connectivity index (χ2v) is 6.04. The topological polar surface area (TPSA) is 46.9 Å². The largest absolute Gasteiger partial charge is 0.316 e. The van der Waals surface area contributed by atoms with Crippen LogP contribution in [0.2, 0.25) is 5.02 Å². The van der Waals surface area contributed by atoms with E-state index >= 15 is 0 Å². The van der Waals surface area contributed by atoms with Gasteiger partial charge in [-0.15, -0.1) is 0 Å². The van der Waals surface area contributed by atoms with Crippen molar-refractivity contribution < 1.29 is 4.79 Å². The molecule has 0 aromatic carbocycles. The van der Waals surface area contributed by atoms with Gasteiger partial charge in [-0.2, -0.15) is 5.10 Å². The van der Waals surface area contributed by atoms with Crippen LogP contribution >= 0.6 is 11.6 Å². The molecule has 0 radical (unpaired) electrons. The second kappa shape index (κ2) is 5.63. The molecule has 106 valence electrons. The predicted octanol–water partition coefficient (Wildman–Crippen LogP) is 2.76. The number of halogens is 1. The molecule has 4 nitrogen and oxygen atoms in total. The van der Waals surface area contributed by atoms with Crippen LogP contribution in [0.1, 0.15) is 44.1 Å². The van der Waals surface area contributed by atoms with Crippen LogP contribution in [0.25, 0.3) is 0 Å². The highest BCUT2D eigenvalue weighted by Crippen LogP contribution is 2.39. The number of nitrogens with one attached hydrogen (secondary N) is 1. The standard InChI is InChI=1S/C14H22ClN3O/c1-4-7-18-12(11(15)8-17-18)13(19)14(10(2)3)5-6-16-9-14/h8,10,16H,4-7,9H2,1-3H3. The molecule has 2 heterocycles. The number of ketones is 1. The fourth-order valence-corrected chi connectivity index (χ4v) is 3.09. The van der Waals surface area contributed by atoms with Crippen LogP contribution in [-0.2, 0) is 6.54 Å². The van der Waals surface area contributed by atoms with Crippen molar-refractivity contribution in [2.45, 2.75) is 40.2 Å². The van der Waals surface area contributed by atoms with Crippen molar-refractivity contribution in [1.82, 2.24) is 15.1 Å². The normalized spacial score (nSPS) is 23.2. The number of Topliss-reactive ketones (excluding diaryl/α,β-unsaturated/α-hetero) is 1. The fraction of sp³-hybridized carbons (Fsp3) is 0.714. The van der Waals surface area contributed by atoms with Crippen LogP contribution < -0.4 is 5.32 Å². The van der Waals surface area contributed by atoms with Crippen molar-refractivity contribution in [2.24, 2.45) is 11.3 Å². The van der Waals surface area contributed by atoms with E-state index in [1.807, 2.05) is 0 Å². The minimum atomic E-state index is -0.338. The molecule has 1 atom stereocenters. The number of carbonyl (C=O) groups is 1. The molecule has 1 N–H and O–H groups in total.